The lowest BCUT2D eigenvalue weighted by Gasteiger charge is -2.19. The van der Waals surface area contributed by atoms with Crippen molar-refractivity contribution < 1.29 is 23.7 Å². The van der Waals surface area contributed by atoms with Crippen molar-refractivity contribution in [3.8, 4) is 17.4 Å². The molecular weight excluding hydrogens is 441 g/mol. The monoisotopic (exact) mass is 469 g/mol. The van der Waals surface area contributed by atoms with Crippen molar-refractivity contribution >= 4 is 11.0 Å². The molecule has 0 amide bonds. The summed E-state index contributed by atoms with van der Waals surface area (Å²) < 4.78 is 30.9. The van der Waals surface area contributed by atoms with Gasteiger partial charge in [-0.05, 0) is 12.5 Å². The van der Waals surface area contributed by atoms with Gasteiger partial charge in [-0.25, -0.2) is 9.37 Å². The first-order chi connectivity index (χ1) is 16.6. The maximum absolute atomic E-state index is 14.6. The van der Waals surface area contributed by atoms with Crippen molar-refractivity contribution in [2.75, 3.05) is 46.5 Å². The number of β-amino-alcohol motifs (C(OH)–C–C–N with tert-alkyl or cyclic N) is 1. The van der Waals surface area contributed by atoms with E-state index in [2.05, 4.69) is 25.2 Å². The van der Waals surface area contributed by atoms with E-state index in [-0.39, 0.29) is 11.7 Å². The van der Waals surface area contributed by atoms with Crippen molar-refractivity contribution in [3.63, 3.8) is 0 Å². The second-order valence-corrected chi connectivity index (χ2v) is 8.59. The molecule has 1 saturated heterocycles. The van der Waals surface area contributed by atoms with E-state index in [0.29, 0.717) is 79.8 Å². The molecule has 5 rings (SSSR count). The van der Waals surface area contributed by atoms with Crippen LogP contribution in [0.15, 0.2) is 30.6 Å². The first-order valence-corrected chi connectivity index (χ1v) is 11.4. The van der Waals surface area contributed by atoms with Crippen LogP contribution in [0.3, 0.4) is 0 Å². The number of aliphatic hydroxyl groups excluding tert-OH is 1. The largest absolute Gasteiger partial charge is 0.486 e. The minimum absolute atomic E-state index is 0.0782. The summed E-state index contributed by atoms with van der Waals surface area (Å²) in [5.41, 5.74) is 2.53. The molecule has 34 heavy (non-hydrogen) atoms. The average Bonchev–Trinajstić information content (AvgIpc) is 3.22. The van der Waals surface area contributed by atoms with Gasteiger partial charge in [-0.1, -0.05) is 0 Å². The van der Waals surface area contributed by atoms with Crippen LogP contribution >= 0.6 is 0 Å². The summed E-state index contributed by atoms with van der Waals surface area (Å²) in [7, 11) is 1.53. The molecule has 1 fully saturated rings. The van der Waals surface area contributed by atoms with E-state index < -0.39 is 6.10 Å². The number of rotatable bonds is 8. The van der Waals surface area contributed by atoms with Gasteiger partial charge in [0, 0.05) is 56.3 Å². The predicted molar refractivity (Wildman–Crippen MR) is 123 cm³/mol. The Kier molecular flexibility index (Phi) is 6.70. The molecule has 0 bridgehead atoms. The molecule has 0 aliphatic carbocycles. The Morgan fingerprint density at radius 2 is 2.03 bits per heavy atom. The van der Waals surface area contributed by atoms with Crippen molar-refractivity contribution in [1.29, 1.82) is 0 Å². The van der Waals surface area contributed by atoms with E-state index in [1.807, 2.05) is 6.07 Å². The highest BCUT2D eigenvalue weighted by Gasteiger charge is 2.31. The lowest BCUT2D eigenvalue weighted by atomic mass is 10.1. The molecule has 0 spiro atoms. The van der Waals surface area contributed by atoms with Crippen LogP contribution in [0.1, 0.15) is 11.3 Å². The van der Waals surface area contributed by atoms with Gasteiger partial charge in [-0.3, -0.25) is 9.97 Å². The number of halogens is 1. The molecule has 180 valence electrons. The molecule has 2 atom stereocenters. The standard InChI is InChI=1S/C24H28FN5O4/c1-32-23-3-2-19-24(29-23)17(18(25)11-28-19)4-5-30-13-15(20(31)14-30)9-26-10-16-8-21-22(12-27-16)34-7-6-33-21/h2-3,8,11-12,15,20,26,31H,4-7,9-10,13-14H2,1H3/t15?,20-/m1/s1. The van der Waals surface area contributed by atoms with Crippen LogP contribution in [0.5, 0.6) is 17.4 Å². The number of nitrogens with one attached hydrogen (secondary N) is 1. The molecule has 10 heteroatoms. The van der Waals surface area contributed by atoms with E-state index in [1.54, 1.807) is 18.3 Å². The molecule has 9 nitrogen and oxygen atoms in total. The fourth-order valence-electron chi connectivity index (χ4n) is 4.50. The van der Waals surface area contributed by atoms with Gasteiger partial charge in [-0.2, -0.15) is 0 Å². The molecule has 2 aliphatic heterocycles. The maximum Gasteiger partial charge on any atom is 0.213 e. The van der Waals surface area contributed by atoms with E-state index in [0.717, 1.165) is 12.2 Å². The third kappa shape index (κ3) is 4.89. The molecular formula is C24H28FN5O4. The number of ether oxygens (including phenoxy) is 3. The summed E-state index contributed by atoms with van der Waals surface area (Å²) in [6.07, 6.45) is 2.95. The number of nitrogens with zero attached hydrogens (tertiary/aromatic N) is 4. The van der Waals surface area contributed by atoms with Gasteiger partial charge in [-0.15, -0.1) is 0 Å². The summed E-state index contributed by atoms with van der Waals surface area (Å²) in [6.45, 7) is 4.20. The maximum atomic E-state index is 14.6. The Hall–Kier alpha value is -3.08. The van der Waals surface area contributed by atoms with E-state index >= 15 is 0 Å². The first kappa shape index (κ1) is 22.7. The number of hydrogen-bond acceptors (Lipinski definition) is 9. The molecule has 2 aliphatic rings. The predicted octanol–water partition coefficient (Wildman–Crippen LogP) is 1.57. The highest BCUT2D eigenvalue weighted by Crippen LogP contribution is 2.29. The average molecular weight is 470 g/mol. The van der Waals surface area contributed by atoms with Gasteiger partial charge in [0.2, 0.25) is 5.88 Å². The van der Waals surface area contributed by atoms with Crippen LogP contribution in [0.25, 0.3) is 11.0 Å². The van der Waals surface area contributed by atoms with Gasteiger partial charge in [0.05, 0.1) is 42.3 Å². The molecule has 2 N–H and O–H groups in total. The second-order valence-electron chi connectivity index (χ2n) is 8.59. The van der Waals surface area contributed by atoms with Crippen molar-refractivity contribution in [1.82, 2.24) is 25.2 Å². The van der Waals surface area contributed by atoms with Crippen LogP contribution in [0.2, 0.25) is 0 Å². The van der Waals surface area contributed by atoms with E-state index in [9.17, 15) is 9.50 Å². The van der Waals surface area contributed by atoms with Crippen molar-refractivity contribution in [2.45, 2.75) is 19.1 Å². The molecule has 0 aromatic carbocycles. The van der Waals surface area contributed by atoms with Crippen LogP contribution in [0.4, 0.5) is 4.39 Å². The second kappa shape index (κ2) is 10.0. The summed E-state index contributed by atoms with van der Waals surface area (Å²) >= 11 is 0. The third-order valence-electron chi connectivity index (χ3n) is 6.31. The fraction of sp³-hybridized carbons (Fsp3) is 0.458. The van der Waals surface area contributed by atoms with Gasteiger partial charge in [0.1, 0.15) is 19.0 Å². The Labute approximate surface area is 196 Å². The van der Waals surface area contributed by atoms with Gasteiger partial charge >= 0.3 is 0 Å². The number of methoxy groups -OCH3 is 1. The van der Waals surface area contributed by atoms with Gasteiger partial charge in [0.15, 0.2) is 11.5 Å². The lowest BCUT2D eigenvalue weighted by Crippen LogP contribution is -2.30. The van der Waals surface area contributed by atoms with E-state index in [1.165, 1.54) is 13.3 Å². The Morgan fingerprint density at radius 1 is 1.18 bits per heavy atom. The highest BCUT2D eigenvalue weighted by molar-refractivity contribution is 5.78. The zero-order chi connectivity index (χ0) is 23.5. The first-order valence-electron chi connectivity index (χ1n) is 11.4. The zero-order valence-electron chi connectivity index (χ0n) is 19.0. The summed E-state index contributed by atoms with van der Waals surface area (Å²) in [6, 6.07) is 5.38. The SMILES string of the molecule is COc1ccc2ncc(F)c(CCN3CC(CNCc4cc5c(cn4)OCCO5)[C@H](O)C3)c2n1. The lowest BCUT2D eigenvalue weighted by molar-refractivity contribution is 0.140. The molecule has 0 saturated carbocycles. The number of likely N-dealkylation sites (tertiary alicyclic amines) is 1. The Morgan fingerprint density at radius 3 is 2.88 bits per heavy atom. The smallest absolute Gasteiger partial charge is 0.213 e. The van der Waals surface area contributed by atoms with Crippen LogP contribution in [-0.2, 0) is 13.0 Å². The number of fused-ring (bicyclic) bond motifs is 2. The molecule has 1 unspecified atom stereocenters. The third-order valence-corrected chi connectivity index (χ3v) is 6.31. The minimum atomic E-state index is -0.446. The minimum Gasteiger partial charge on any atom is -0.486 e. The van der Waals surface area contributed by atoms with Crippen LogP contribution < -0.4 is 19.5 Å². The zero-order valence-corrected chi connectivity index (χ0v) is 19.0. The fourth-order valence-corrected chi connectivity index (χ4v) is 4.50. The van der Waals surface area contributed by atoms with Crippen molar-refractivity contribution in [3.05, 3.63) is 47.7 Å². The topological polar surface area (TPSA) is 102 Å². The summed E-state index contributed by atoms with van der Waals surface area (Å²) in [4.78, 5) is 15.1. The normalized spacial score (nSPS) is 20.1. The van der Waals surface area contributed by atoms with Gasteiger partial charge in [0.25, 0.3) is 0 Å². The number of hydrogen-bond donors (Lipinski definition) is 2. The number of pyridine rings is 3. The number of aromatic nitrogens is 3. The Balaban J connectivity index is 1.15. The number of aliphatic hydroxyl groups is 1. The van der Waals surface area contributed by atoms with Crippen molar-refractivity contribution in [2.24, 2.45) is 5.92 Å². The van der Waals surface area contributed by atoms with Gasteiger partial charge < -0.3 is 29.5 Å². The highest BCUT2D eigenvalue weighted by atomic mass is 19.1. The van der Waals surface area contributed by atoms with E-state index in [4.69, 9.17) is 14.2 Å². The summed E-state index contributed by atoms with van der Waals surface area (Å²) in [5, 5.41) is 13.9. The van der Waals surface area contributed by atoms with Crippen LogP contribution in [0, 0.1) is 11.7 Å². The molecule has 3 aromatic rings. The summed E-state index contributed by atoms with van der Waals surface area (Å²) in [5.74, 6) is 1.51. The molecule has 5 heterocycles. The molecule has 0 radical (unpaired) electrons. The molecule has 3 aromatic heterocycles. The van der Waals surface area contributed by atoms with Crippen LogP contribution in [-0.4, -0.2) is 77.6 Å². The Bertz CT molecular complexity index is 1160. The quantitative estimate of drug-likeness (QED) is 0.509.